The number of hydrazine groups is 1. The van der Waals surface area contributed by atoms with Crippen molar-refractivity contribution in [2.45, 2.75) is 25.7 Å². The van der Waals surface area contributed by atoms with Gasteiger partial charge in [0.15, 0.2) is 5.76 Å². The molecular weight excluding hydrogens is 408 g/mol. The number of hydrogen-bond donors (Lipinski definition) is 2. The number of hydrogen-bond acceptors (Lipinski definition) is 5. The second-order valence-corrected chi connectivity index (χ2v) is 8.66. The summed E-state index contributed by atoms with van der Waals surface area (Å²) < 4.78 is 33.6. The van der Waals surface area contributed by atoms with Gasteiger partial charge in [-0.15, -0.1) is 0 Å². The Bertz CT molecular complexity index is 1210. The van der Waals surface area contributed by atoms with Gasteiger partial charge in [-0.05, 0) is 19.1 Å². The summed E-state index contributed by atoms with van der Waals surface area (Å²) in [5.74, 6) is -1.17. The number of furan rings is 1. The van der Waals surface area contributed by atoms with E-state index >= 15 is 0 Å². The number of benzene rings is 1. The van der Waals surface area contributed by atoms with Gasteiger partial charge in [0.2, 0.25) is 10.0 Å². The Hall–Kier alpha value is -3.11. The van der Waals surface area contributed by atoms with E-state index in [2.05, 4.69) is 10.9 Å². The molecule has 3 rings (SSSR count). The Labute approximate surface area is 174 Å². The summed E-state index contributed by atoms with van der Waals surface area (Å²) in [5, 5.41) is 0.808. The number of aromatic nitrogens is 1. The smallest absolute Gasteiger partial charge is 0.305 e. The number of nitrogens with one attached hydrogen (secondary N) is 2. The lowest BCUT2D eigenvalue weighted by molar-refractivity contribution is 0.0827. The molecule has 0 spiro atoms. The molecule has 2 aromatic heterocycles. The van der Waals surface area contributed by atoms with E-state index in [0.29, 0.717) is 24.2 Å². The fourth-order valence-electron chi connectivity index (χ4n) is 3.24. The third-order valence-corrected chi connectivity index (χ3v) is 6.91. The van der Waals surface area contributed by atoms with Gasteiger partial charge in [-0.25, -0.2) is 8.42 Å². The monoisotopic (exact) mass is 432 g/mol. The fraction of sp³-hybridized carbons (Fsp3) is 0.300. The van der Waals surface area contributed by atoms with E-state index in [4.69, 9.17) is 4.42 Å². The number of fused-ring (bicyclic) bond motifs is 1. The fourth-order valence-corrected chi connectivity index (χ4v) is 4.77. The molecule has 0 atom stereocenters. The number of carbonyl (C=O) groups is 2. The minimum atomic E-state index is -3.70. The Balaban J connectivity index is 1.76. The van der Waals surface area contributed by atoms with Gasteiger partial charge in [-0.3, -0.25) is 20.4 Å². The Morgan fingerprint density at radius 2 is 1.73 bits per heavy atom. The van der Waals surface area contributed by atoms with Crippen LogP contribution in [0.1, 0.15) is 40.5 Å². The van der Waals surface area contributed by atoms with Crippen LogP contribution in [0.4, 0.5) is 0 Å². The zero-order chi connectivity index (χ0) is 22.1. The highest BCUT2D eigenvalue weighted by molar-refractivity contribution is 7.89. The van der Waals surface area contributed by atoms with Crippen LogP contribution >= 0.6 is 0 Å². The van der Waals surface area contributed by atoms with Crippen molar-refractivity contribution in [3.05, 3.63) is 53.5 Å². The molecule has 9 nitrogen and oxygen atoms in total. The number of rotatable bonds is 6. The molecule has 0 aliphatic carbocycles. The van der Waals surface area contributed by atoms with Crippen LogP contribution < -0.4 is 10.9 Å². The van der Waals surface area contributed by atoms with Crippen molar-refractivity contribution in [3.8, 4) is 0 Å². The van der Waals surface area contributed by atoms with Gasteiger partial charge in [0.25, 0.3) is 5.91 Å². The lowest BCUT2D eigenvalue weighted by atomic mass is 10.1. The van der Waals surface area contributed by atoms with Crippen molar-refractivity contribution < 1.29 is 22.4 Å². The van der Waals surface area contributed by atoms with Crippen molar-refractivity contribution in [1.82, 2.24) is 19.7 Å². The first-order valence-electron chi connectivity index (χ1n) is 9.46. The molecule has 0 bridgehead atoms. The molecule has 0 radical (unpaired) electrons. The largest absolute Gasteiger partial charge is 0.451 e. The van der Waals surface area contributed by atoms with E-state index < -0.39 is 21.8 Å². The molecule has 0 saturated heterocycles. The maximum absolute atomic E-state index is 12.7. The average Bonchev–Trinajstić information content (AvgIpc) is 3.28. The van der Waals surface area contributed by atoms with Crippen molar-refractivity contribution in [2.24, 2.45) is 7.05 Å². The van der Waals surface area contributed by atoms with E-state index in [1.807, 2.05) is 12.1 Å². The zero-order valence-electron chi connectivity index (χ0n) is 17.2. The summed E-state index contributed by atoms with van der Waals surface area (Å²) in [6.45, 7) is 5.88. The predicted octanol–water partition coefficient (Wildman–Crippen LogP) is 2.19. The van der Waals surface area contributed by atoms with E-state index in [1.54, 1.807) is 40.0 Å². The predicted molar refractivity (Wildman–Crippen MR) is 111 cm³/mol. The first-order valence-corrected chi connectivity index (χ1v) is 10.9. The summed E-state index contributed by atoms with van der Waals surface area (Å²) in [6, 6.07) is 8.51. The van der Waals surface area contributed by atoms with Crippen LogP contribution in [0, 0.1) is 6.92 Å². The molecule has 0 aliphatic heterocycles. The van der Waals surface area contributed by atoms with Crippen LogP contribution in [0.2, 0.25) is 0 Å². The summed E-state index contributed by atoms with van der Waals surface area (Å²) in [5.41, 5.74) is 5.93. The third-order valence-electron chi connectivity index (χ3n) is 4.90. The summed E-state index contributed by atoms with van der Waals surface area (Å²) in [6.07, 6.45) is 1.37. The lowest BCUT2D eigenvalue weighted by Gasteiger charge is -2.17. The van der Waals surface area contributed by atoms with Crippen molar-refractivity contribution in [2.75, 3.05) is 13.1 Å². The maximum Gasteiger partial charge on any atom is 0.305 e. The van der Waals surface area contributed by atoms with Crippen molar-refractivity contribution in [1.29, 1.82) is 0 Å². The SMILES string of the molecule is CCN(CC)S(=O)(=O)c1cc(C(=O)NNC(=O)c2oc3ccccc3c2C)n(C)c1. The highest BCUT2D eigenvalue weighted by Gasteiger charge is 2.26. The maximum atomic E-state index is 12.7. The molecule has 0 fully saturated rings. The second-order valence-electron chi connectivity index (χ2n) is 6.72. The normalized spacial score (nSPS) is 11.8. The highest BCUT2D eigenvalue weighted by Crippen LogP contribution is 2.24. The van der Waals surface area contributed by atoms with Gasteiger partial charge < -0.3 is 8.98 Å². The molecule has 160 valence electrons. The Morgan fingerprint density at radius 1 is 1.10 bits per heavy atom. The Kier molecular flexibility index (Phi) is 5.99. The number of amides is 2. The molecule has 2 heterocycles. The minimum Gasteiger partial charge on any atom is -0.451 e. The van der Waals surface area contributed by atoms with Crippen molar-refractivity contribution >= 4 is 32.8 Å². The van der Waals surface area contributed by atoms with Gasteiger partial charge >= 0.3 is 5.91 Å². The highest BCUT2D eigenvalue weighted by atomic mass is 32.2. The van der Waals surface area contributed by atoms with Crippen LogP contribution in [-0.2, 0) is 17.1 Å². The lowest BCUT2D eigenvalue weighted by Crippen LogP contribution is -2.42. The number of sulfonamides is 1. The van der Waals surface area contributed by atoms with Crippen LogP contribution in [-0.4, -0.2) is 42.2 Å². The van der Waals surface area contributed by atoms with Gasteiger partial charge in [0.05, 0.1) is 0 Å². The second kappa shape index (κ2) is 8.33. The number of carbonyl (C=O) groups excluding carboxylic acids is 2. The first-order chi connectivity index (χ1) is 14.2. The average molecular weight is 433 g/mol. The topological polar surface area (TPSA) is 114 Å². The van der Waals surface area contributed by atoms with E-state index in [9.17, 15) is 18.0 Å². The van der Waals surface area contributed by atoms with Crippen molar-refractivity contribution in [3.63, 3.8) is 0 Å². The van der Waals surface area contributed by atoms with Gasteiger partial charge in [-0.1, -0.05) is 32.0 Å². The standard InChI is InChI=1S/C20H24N4O5S/c1-5-24(6-2)30(27,28)14-11-16(23(4)12-14)19(25)21-22-20(26)18-13(3)15-9-7-8-10-17(15)29-18/h7-12H,5-6H2,1-4H3,(H,21,25)(H,22,26). The molecule has 10 heteroatoms. The third kappa shape index (κ3) is 3.83. The number of nitrogens with zero attached hydrogens (tertiary/aromatic N) is 2. The van der Waals surface area contributed by atoms with E-state index in [-0.39, 0.29) is 16.3 Å². The first kappa shape index (κ1) is 21.6. The summed E-state index contributed by atoms with van der Waals surface area (Å²) >= 11 is 0. The molecule has 1 aromatic carbocycles. The van der Waals surface area contributed by atoms with Gasteiger partial charge in [-0.2, -0.15) is 4.31 Å². The molecule has 0 unspecified atom stereocenters. The summed E-state index contributed by atoms with van der Waals surface area (Å²) in [4.78, 5) is 25.0. The molecule has 3 aromatic rings. The molecule has 0 aliphatic rings. The van der Waals surface area contributed by atoms with E-state index in [0.717, 1.165) is 5.39 Å². The summed E-state index contributed by atoms with van der Waals surface area (Å²) in [7, 11) is -2.14. The zero-order valence-corrected chi connectivity index (χ0v) is 18.0. The molecule has 2 N–H and O–H groups in total. The number of aryl methyl sites for hydroxylation is 2. The number of para-hydroxylation sites is 1. The molecule has 0 saturated carbocycles. The van der Waals surface area contributed by atoms with Crippen LogP contribution in [0.5, 0.6) is 0 Å². The Morgan fingerprint density at radius 3 is 2.37 bits per heavy atom. The van der Waals surface area contributed by atoms with Crippen LogP contribution in [0.15, 0.2) is 45.8 Å². The molecule has 2 amide bonds. The molecule has 30 heavy (non-hydrogen) atoms. The van der Waals surface area contributed by atoms with Gasteiger partial charge in [0.1, 0.15) is 16.2 Å². The van der Waals surface area contributed by atoms with Crippen LogP contribution in [0.25, 0.3) is 11.0 Å². The van der Waals surface area contributed by atoms with Crippen LogP contribution in [0.3, 0.4) is 0 Å². The van der Waals surface area contributed by atoms with E-state index in [1.165, 1.54) is 21.1 Å². The quantitative estimate of drug-likeness (QED) is 0.580. The molecular formula is C20H24N4O5S. The van der Waals surface area contributed by atoms with Gasteiger partial charge in [0, 0.05) is 37.3 Å². The minimum absolute atomic E-state index is 0.0123.